The largest absolute Gasteiger partial charge is 0.399 e. The van der Waals surface area contributed by atoms with Gasteiger partial charge in [-0.15, -0.1) is 0 Å². The molecule has 0 saturated heterocycles. The van der Waals surface area contributed by atoms with E-state index in [0.717, 1.165) is 0 Å². The van der Waals surface area contributed by atoms with Crippen molar-refractivity contribution in [3.8, 4) is 0 Å². The smallest absolute Gasteiger partial charge is 0.361 e. The molecule has 0 aliphatic heterocycles. The SMILES string of the molecule is FC(F)(F)C(c1c[nH]c2ccccc12)c1c[nH]c2ccccc12. The number of rotatable bonds is 2. The van der Waals surface area contributed by atoms with Crippen LogP contribution in [0.3, 0.4) is 0 Å². The van der Waals surface area contributed by atoms with Gasteiger partial charge in [-0.3, -0.25) is 0 Å². The molecule has 0 amide bonds. The van der Waals surface area contributed by atoms with E-state index in [9.17, 15) is 13.2 Å². The predicted molar refractivity (Wildman–Crippen MR) is 84.5 cm³/mol. The Morgan fingerprint density at radius 2 is 1.13 bits per heavy atom. The van der Waals surface area contributed by atoms with Gasteiger partial charge in [0.25, 0.3) is 0 Å². The highest BCUT2D eigenvalue weighted by Gasteiger charge is 2.44. The van der Waals surface area contributed by atoms with Crippen molar-refractivity contribution in [1.82, 2.24) is 9.97 Å². The normalized spacial score (nSPS) is 12.5. The van der Waals surface area contributed by atoms with E-state index in [-0.39, 0.29) is 11.1 Å². The number of hydrogen-bond donors (Lipinski definition) is 2. The molecule has 0 saturated carbocycles. The van der Waals surface area contributed by atoms with Crippen LogP contribution in [0.5, 0.6) is 0 Å². The Balaban J connectivity index is 1.99. The molecule has 4 aromatic rings. The Bertz CT molecular complexity index is 904. The zero-order valence-electron chi connectivity index (χ0n) is 12.0. The van der Waals surface area contributed by atoms with E-state index >= 15 is 0 Å². The van der Waals surface area contributed by atoms with E-state index in [2.05, 4.69) is 9.97 Å². The topological polar surface area (TPSA) is 31.6 Å². The van der Waals surface area contributed by atoms with Crippen molar-refractivity contribution in [2.24, 2.45) is 0 Å². The van der Waals surface area contributed by atoms with Crippen molar-refractivity contribution in [3.63, 3.8) is 0 Å². The van der Waals surface area contributed by atoms with Crippen molar-refractivity contribution < 1.29 is 13.2 Å². The van der Waals surface area contributed by atoms with E-state index in [1.807, 2.05) is 0 Å². The summed E-state index contributed by atoms with van der Waals surface area (Å²) in [5, 5.41) is 1.19. The standard InChI is InChI=1S/C18H13F3N2/c19-18(20,21)17(13-9-22-15-7-3-1-5-11(13)15)14-10-23-16-8-4-2-6-12(14)16/h1-10,17,22-23H. The van der Waals surface area contributed by atoms with Gasteiger partial charge < -0.3 is 9.97 Å². The molecule has 0 atom stereocenters. The highest BCUT2D eigenvalue weighted by Crippen LogP contribution is 2.44. The van der Waals surface area contributed by atoms with Gasteiger partial charge in [0.1, 0.15) is 5.92 Å². The summed E-state index contributed by atoms with van der Waals surface area (Å²) in [5.74, 6) is -1.67. The average molecular weight is 314 g/mol. The first-order chi connectivity index (χ1) is 11.1. The Hall–Kier alpha value is -2.69. The summed E-state index contributed by atoms with van der Waals surface area (Å²) in [5.41, 5.74) is 1.91. The lowest BCUT2D eigenvalue weighted by Gasteiger charge is -2.20. The molecular weight excluding hydrogens is 301 g/mol. The highest BCUT2D eigenvalue weighted by molar-refractivity contribution is 5.88. The number of benzene rings is 2. The molecule has 0 bridgehead atoms. The molecule has 2 aromatic heterocycles. The first-order valence-electron chi connectivity index (χ1n) is 7.24. The number of halogens is 3. The lowest BCUT2D eigenvalue weighted by molar-refractivity contribution is -0.140. The van der Waals surface area contributed by atoms with E-state index in [1.165, 1.54) is 12.4 Å². The molecule has 5 heteroatoms. The Morgan fingerprint density at radius 1 is 0.696 bits per heavy atom. The van der Waals surface area contributed by atoms with Gasteiger partial charge in [0.05, 0.1) is 0 Å². The lowest BCUT2D eigenvalue weighted by atomic mass is 9.90. The maximum absolute atomic E-state index is 13.9. The number of fused-ring (bicyclic) bond motifs is 2. The third-order valence-electron chi connectivity index (χ3n) is 4.19. The van der Waals surface area contributed by atoms with Gasteiger partial charge in [-0.1, -0.05) is 36.4 Å². The second kappa shape index (κ2) is 4.91. The van der Waals surface area contributed by atoms with E-state index in [1.54, 1.807) is 48.5 Å². The number of nitrogens with one attached hydrogen (secondary N) is 2. The average Bonchev–Trinajstić information content (AvgIpc) is 3.12. The quantitative estimate of drug-likeness (QED) is 0.500. The van der Waals surface area contributed by atoms with E-state index in [0.29, 0.717) is 21.8 Å². The van der Waals surface area contributed by atoms with Gasteiger partial charge in [-0.05, 0) is 23.3 Å². The lowest BCUT2D eigenvalue weighted by Crippen LogP contribution is -2.21. The molecule has 0 unspecified atom stereocenters. The number of hydrogen-bond acceptors (Lipinski definition) is 0. The number of aromatic nitrogens is 2. The van der Waals surface area contributed by atoms with Crippen molar-refractivity contribution in [1.29, 1.82) is 0 Å². The molecule has 2 N–H and O–H groups in total. The minimum Gasteiger partial charge on any atom is -0.361 e. The second-order valence-corrected chi connectivity index (χ2v) is 5.55. The molecule has 2 nitrogen and oxygen atoms in total. The minimum atomic E-state index is -4.38. The van der Waals surface area contributed by atoms with Crippen LogP contribution >= 0.6 is 0 Å². The van der Waals surface area contributed by atoms with Crippen molar-refractivity contribution in [2.75, 3.05) is 0 Å². The summed E-state index contributed by atoms with van der Waals surface area (Å²) in [6.07, 6.45) is -1.45. The molecule has 0 radical (unpaired) electrons. The molecule has 23 heavy (non-hydrogen) atoms. The first kappa shape index (κ1) is 13.9. The molecular formula is C18H13F3N2. The third kappa shape index (κ3) is 2.20. The van der Waals surface area contributed by atoms with Crippen molar-refractivity contribution >= 4 is 21.8 Å². The van der Waals surface area contributed by atoms with Crippen molar-refractivity contribution in [3.05, 3.63) is 72.1 Å². The fourth-order valence-electron chi connectivity index (χ4n) is 3.19. The second-order valence-electron chi connectivity index (χ2n) is 5.55. The minimum absolute atomic E-state index is 0.248. The van der Waals surface area contributed by atoms with Crippen LogP contribution in [-0.2, 0) is 0 Å². The first-order valence-corrected chi connectivity index (χ1v) is 7.24. The van der Waals surface area contributed by atoms with Crippen LogP contribution in [0.25, 0.3) is 21.8 Å². The predicted octanol–water partition coefficient (Wildman–Crippen LogP) is 5.34. The molecule has 0 aliphatic carbocycles. The summed E-state index contributed by atoms with van der Waals surface area (Å²) in [6, 6.07) is 14.1. The van der Waals surface area contributed by atoms with Crippen LogP contribution in [0.4, 0.5) is 13.2 Å². The fourth-order valence-corrected chi connectivity index (χ4v) is 3.19. The number of aromatic amines is 2. The highest BCUT2D eigenvalue weighted by atomic mass is 19.4. The van der Waals surface area contributed by atoms with Crippen LogP contribution in [0.15, 0.2) is 60.9 Å². The van der Waals surface area contributed by atoms with E-state index < -0.39 is 12.1 Å². The van der Waals surface area contributed by atoms with Crippen LogP contribution < -0.4 is 0 Å². The van der Waals surface area contributed by atoms with E-state index in [4.69, 9.17) is 0 Å². The number of alkyl halides is 3. The molecule has 0 aliphatic rings. The van der Waals surface area contributed by atoms with Crippen LogP contribution in [0, 0.1) is 0 Å². The zero-order valence-corrected chi connectivity index (χ0v) is 12.0. The monoisotopic (exact) mass is 314 g/mol. The number of H-pyrrole nitrogens is 2. The summed E-state index contributed by atoms with van der Waals surface area (Å²) >= 11 is 0. The van der Waals surface area contributed by atoms with Crippen LogP contribution in [0.1, 0.15) is 17.0 Å². The molecule has 2 heterocycles. The molecule has 116 valence electrons. The number of para-hydroxylation sites is 2. The van der Waals surface area contributed by atoms with Crippen LogP contribution in [0.2, 0.25) is 0 Å². The maximum Gasteiger partial charge on any atom is 0.399 e. The fraction of sp³-hybridized carbons (Fsp3) is 0.111. The van der Waals surface area contributed by atoms with Gasteiger partial charge in [-0.2, -0.15) is 13.2 Å². The van der Waals surface area contributed by atoms with Gasteiger partial charge in [0, 0.05) is 34.2 Å². The van der Waals surface area contributed by atoms with Gasteiger partial charge in [0.2, 0.25) is 0 Å². The third-order valence-corrected chi connectivity index (χ3v) is 4.19. The maximum atomic E-state index is 13.9. The summed E-state index contributed by atoms with van der Waals surface area (Å²) < 4.78 is 41.6. The Kier molecular flexibility index (Phi) is 2.98. The van der Waals surface area contributed by atoms with Crippen molar-refractivity contribution in [2.45, 2.75) is 12.1 Å². The summed E-state index contributed by atoms with van der Waals surface area (Å²) in [6.45, 7) is 0. The van der Waals surface area contributed by atoms with Gasteiger partial charge >= 0.3 is 6.18 Å². The molecule has 0 fully saturated rings. The zero-order chi connectivity index (χ0) is 16.0. The Morgan fingerprint density at radius 3 is 1.57 bits per heavy atom. The molecule has 0 spiro atoms. The molecule has 4 rings (SSSR count). The van der Waals surface area contributed by atoms with Gasteiger partial charge in [-0.25, -0.2) is 0 Å². The van der Waals surface area contributed by atoms with Gasteiger partial charge in [0.15, 0.2) is 0 Å². The summed E-state index contributed by atoms with van der Waals surface area (Å²) in [4.78, 5) is 5.88. The summed E-state index contributed by atoms with van der Waals surface area (Å²) in [7, 11) is 0. The van der Waals surface area contributed by atoms with Crippen LogP contribution in [-0.4, -0.2) is 16.1 Å². The molecule has 2 aromatic carbocycles. The Labute approximate surface area is 129 Å².